The Morgan fingerprint density at radius 3 is 2.75 bits per heavy atom. The molecule has 106 valence electrons. The fraction of sp³-hybridized carbons (Fsp3) is 0.100. The van der Waals surface area contributed by atoms with Crippen molar-refractivity contribution in [2.24, 2.45) is 0 Å². The summed E-state index contributed by atoms with van der Waals surface area (Å²) >= 11 is 0. The van der Waals surface area contributed by atoms with E-state index in [-0.39, 0.29) is 17.5 Å². The summed E-state index contributed by atoms with van der Waals surface area (Å²) < 4.78 is 41.2. The fourth-order valence-corrected chi connectivity index (χ4v) is 1.34. The predicted octanol–water partition coefficient (Wildman–Crippen LogP) is 1.38. The van der Waals surface area contributed by atoms with Crippen LogP contribution in [0.1, 0.15) is 10.6 Å². The van der Waals surface area contributed by atoms with E-state index in [1.807, 2.05) is 0 Å². The first-order chi connectivity index (χ1) is 9.45. The molecule has 0 radical (unpaired) electrons. The number of aromatic nitrogens is 3. The van der Waals surface area contributed by atoms with Gasteiger partial charge in [-0.25, -0.2) is 4.39 Å². The molecule has 0 saturated heterocycles. The van der Waals surface area contributed by atoms with Crippen LogP contribution in [0.4, 0.5) is 24.8 Å². The maximum Gasteiger partial charge on any atom is 0.387 e. The summed E-state index contributed by atoms with van der Waals surface area (Å²) in [6.07, 6.45) is 0. The molecule has 7 nitrogen and oxygen atoms in total. The number of alkyl halides is 2. The summed E-state index contributed by atoms with van der Waals surface area (Å²) in [5.74, 6) is -2.67. The first kappa shape index (κ1) is 13.6. The summed E-state index contributed by atoms with van der Waals surface area (Å²) in [5, 5.41) is 7.99. The van der Waals surface area contributed by atoms with E-state index in [0.717, 1.165) is 12.1 Å². The number of halogens is 3. The van der Waals surface area contributed by atoms with Crippen molar-refractivity contribution in [3.05, 3.63) is 29.8 Å². The van der Waals surface area contributed by atoms with Crippen molar-refractivity contribution in [1.82, 2.24) is 15.2 Å². The van der Waals surface area contributed by atoms with E-state index in [4.69, 9.17) is 5.73 Å². The van der Waals surface area contributed by atoms with Gasteiger partial charge < -0.3 is 15.8 Å². The number of carbonyl (C=O) groups excluding carboxylic acids is 1. The monoisotopic (exact) mass is 287 g/mol. The van der Waals surface area contributed by atoms with Gasteiger partial charge in [-0.3, -0.25) is 9.89 Å². The highest BCUT2D eigenvalue weighted by Gasteiger charge is 2.14. The summed E-state index contributed by atoms with van der Waals surface area (Å²) in [7, 11) is 0. The van der Waals surface area contributed by atoms with Gasteiger partial charge in [-0.2, -0.15) is 13.8 Å². The zero-order valence-electron chi connectivity index (χ0n) is 9.73. The number of rotatable bonds is 4. The maximum absolute atomic E-state index is 13.4. The molecule has 0 spiro atoms. The van der Waals surface area contributed by atoms with E-state index in [1.165, 1.54) is 6.07 Å². The van der Waals surface area contributed by atoms with E-state index in [2.05, 4.69) is 25.2 Å². The maximum atomic E-state index is 13.4. The highest BCUT2D eigenvalue weighted by molar-refractivity contribution is 6.01. The topological polar surface area (TPSA) is 106 Å². The number of aromatic amines is 1. The zero-order valence-corrected chi connectivity index (χ0v) is 9.73. The molecule has 1 aromatic carbocycles. The fourth-order valence-electron chi connectivity index (χ4n) is 1.34. The van der Waals surface area contributed by atoms with Crippen molar-refractivity contribution in [3.63, 3.8) is 0 Å². The van der Waals surface area contributed by atoms with Gasteiger partial charge in [0.25, 0.3) is 5.91 Å². The number of nitrogens with two attached hydrogens (primary N) is 1. The minimum Gasteiger partial charge on any atom is -0.432 e. The molecule has 0 aliphatic carbocycles. The number of anilines is 2. The van der Waals surface area contributed by atoms with Crippen LogP contribution in [-0.2, 0) is 0 Å². The number of nitrogen functional groups attached to an aromatic ring is 1. The molecule has 1 amide bonds. The second kappa shape index (κ2) is 5.47. The van der Waals surface area contributed by atoms with Crippen LogP contribution in [-0.4, -0.2) is 27.7 Å². The molecule has 1 aromatic heterocycles. The highest BCUT2D eigenvalue weighted by atomic mass is 19.3. The number of nitrogens with one attached hydrogen (secondary N) is 2. The molecule has 0 atom stereocenters. The number of hydrogen-bond donors (Lipinski definition) is 3. The van der Waals surface area contributed by atoms with Gasteiger partial charge in [0.15, 0.2) is 11.6 Å². The lowest BCUT2D eigenvalue weighted by atomic mass is 10.3. The number of H-pyrrole nitrogens is 1. The molecule has 0 saturated carbocycles. The molecule has 4 N–H and O–H groups in total. The first-order valence-corrected chi connectivity index (χ1v) is 5.19. The van der Waals surface area contributed by atoms with E-state index < -0.39 is 24.1 Å². The Morgan fingerprint density at radius 1 is 1.45 bits per heavy atom. The minimum absolute atomic E-state index is 0.0316. The van der Waals surface area contributed by atoms with Gasteiger partial charge in [0.2, 0.25) is 11.8 Å². The largest absolute Gasteiger partial charge is 0.432 e. The van der Waals surface area contributed by atoms with Crippen LogP contribution in [0, 0.1) is 5.82 Å². The van der Waals surface area contributed by atoms with E-state index in [0.29, 0.717) is 0 Å². The average molecular weight is 287 g/mol. The lowest BCUT2D eigenvalue weighted by Crippen LogP contribution is -2.14. The van der Waals surface area contributed by atoms with Crippen molar-refractivity contribution in [2.75, 3.05) is 11.1 Å². The summed E-state index contributed by atoms with van der Waals surface area (Å²) in [5.41, 5.74) is 5.25. The van der Waals surface area contributed by atoms with Crippen molar-refractivity contribution in [2.45, 2.75) is 6.61 Å². The van der Waals surface area contributed by atoms with Crippen LogP contribution in [0.15, 0.2) is 18.2 Å². The average Bonchev–Trinajstić information content (AvgIpc) is 2.79. The third-order valence-corrected chi connectivity index (χ3v) is 2.12. The Hall–Kier alpha value is -2.78. The number of benzene rings is 1. The van der Waals surface area contributed by atoms with Crippen molar-refractivity contribution < 1.29 is 22.7 Å². The Morgan fingerprint density at radius 2 is 2.20 bits per heavy atom. The number of carbonyl (C=O) groups is 1. The van der Waals surface area contributed by atoms with Gasteiger partial charge in [0.05, 0.1) is 0 Å². The van der Waals surface area contributed by atoms with Gasteiger partial charge in [0, 0.05) is 11.8 Å². The molecule has 0 unspecified atom stereocenters. The summed E-state index contributed by atoms with van der Waals surface area (Å²) in [6.45, 7) is -3.14. The number of amides is 1. The third kappa shape index (κ3) is 3.16. The van der Waals surface area contributed by atoms with Crippen molar-refractivity contribution in [3.8, 4) is 5.75 Å². The van der Waals surface area contributed by atoms with Crippen LogP contribution < -0.4 is 15.8 Å². The predicted molar refractivity (Wildman–Crippen MR) is 61.8 cm³/mol. The van der Waals surface area contributed by atoms with Crippen LogP contribution >= 0.6 is 0 Å². The highest BCUT2D eigenvalue weighted by Crippen LogP contribution is 2.23. The quantitative estimate of drug-likeness (QED) is 0.787. The van der Waals surface area contributed by atoms with Crippen LogP contribution in [0.5, 0.6) is 5.75 Å². The molecule has 20 heavy (non-hydrogen) atoms. The Balaban J connectivity index is 2.10. The Kier molecular flexibility index (Phi) is 3.73. The number of ether oxygens (including phenoxy) is 1. The standard InChI is InChI=1S/C10H8F3N5O2/c11-5-3-4(1-2-6(5)20-9(12)13)15-8(19)7-16-10(14)18-17-7/h1-3,9H,(H,15,19)(H3,14,16,17,18). The van der Waals surface area contributed by atoms with Gasteiger partial charge in [-0.15, -0.1) is 5.10 Å². The van der Waals surface area contributed by atoms with Crippen molar-refractivity contribution >= 4 is 17.5 Å². The van der Waals surface area contributed by atoms with Crippen LogP contribution in [0.25, 0.3) is 0 Å². The second-order valence-corrected chi connectivity index (χ2v) is 3.52. The van der Waals surface area contributed by atoms with E-state index in [9.17, 15) is 18.0 Å². The molecule has 10 heteroatoms. The molecule has 0 fully saturated rings. The normalized spacial score (nSPS) is 10.6. The van der Waals surface area contributed by atoms with Crippen molar-refractivity contribution in [1.29, 1.82) is 0 Å². The third-order valence-electron chi connectivity index (χ3n) is 2.12. The molecule has 0 bridgehead atoms. The smallest absolute Gasteiger partial charge is 0.387 e. The lowest BCUT2D eigenvalue weighted by molar-refractivity contribution is -0.0521. The van der Waals surface area contributed by atoms with Gasteiger partial charge in [0.1, 0.15) is 0 Å². The first-order valence-electron chi connectivity index (χ1n) is 5.19. The molecule has 0 aliphatic heterocycles. The van der Waals surface area contributed by atoms with Gasteiger partial charge in [-0.1, -0.05) is 0 Å². The molecule has 1 heterocycles. The Labute approximate surface area is 109 Å². The SMILES string of the molecule is Nc1n[nH]c(C(=O)Nc2ccc(OC(F)F)c(F)c2)n1. The molecule has 2 aromatic rings. The molecule has 2 rings (SSSR count). The second-order valence-electron chi connectivity index (χ2n) is 3.52. The van der Waals surface area contributed by atoms with Gasteiger partial charge in [-0.05, 0) is 12.1 Å². The summed E-state index contributed by atoms with van der Waals surface area (Å²) in [6, 6.07) is 2.99. The van der Waals surface area contributed by atoms with E-state index >= 15 is 0 Å². The molecular weight excluding hydrogens is 279 g/mol. The van der Waals surface area contributed by atoms with Crippen LogP contribution in [0.3, 0.4) is 0 Å². The summed E-state index contributed by atoms with van der Waals surface area (Å²) in [4.78, 5) is 15.2. The Bertz CT molecular complexity index is 631. The van der Waals surface area contributed by atoms with E-state index in [1.54, 1.807) is 0 Å². The minimum atomic E-state index is -3.14. The van der Waals surface area contributed by atoms with Gasteiger partial charge >= 0.3 is 6.61 Å². The molecular formula is C10H8F3N5O2. The number of hydrogen-bond acceptors (Lipinski definition) is 5. The molecule has 0 aliphatic rings. The number of nitrogens with zero attached hydrogens (tertiary/aromatic N) is 2. The zero-order chi connectivity index (χ0) is 14.7. The lowest BCUT2D eigenvalue weighted by Gasteiger charge is -2.07. The van der Waals surface area contributed by atoms with Crippen LogP contribution in [0.2, 0.25) is 0 Å².